The number of amidine groups is 2. The molecular formula is C19H17ClN4O. The number of hydrogen-bond donors (Lipinski definition) is 4. The molecule has 2 aromatic carbocycles. The van der Waals surface area contributed by atoms with E-state index in [4.69, 9.17) is 38.3 Å². The predicted molar refractivity (Wildman–Crippen MR) is 101 cm³/mol. The summed E-state index contributed by atoms with van der Waals surface area (Å²) in [5, 5.41) is 15.5. The third-order valence-corrected chi connectivity index (χ3v) is 4.44. The number of halogens is 1. The average molecular weight is 353 g/mol. The van der Waals surface area contributed by atoms with E-state index >= 15 is 0 Å². The van der Waals surface area contributed by atoms with Gasteiger partial charge in [0.15, 0.2) is 5.76 Å². The van der Waals surface area contributed by atoms with E-state index in [9.17, 15) is 0 Å². The molecule has 0 amide bonds. The molecule has 0 radical (unpaired) electrons. The van der Waals surface area contributed by atoms with E-state index in [1.165, 1.54) is 0 Å². The van der Waals surface area contributed by atoms with Crippen LogP contribution in [-0.2, 0) is 0 Å². The zero-order chi connectivity index (χ0) is 18.1. The molecule has 0 aliphatic heterocycles. The molecule has 0 saturated carbocycles. The normalized spacial score (nSPS) is 10.6. The second-order valence-electron chi connectivity index (χ2n) is 5.68. The zero-order valence-electron chi connectivity index (χ0n) is 13.6. The third kappa shape index (κ3) is 3.14. The van der Waals surface area contributed by atoms with Crippen molar-refractivity contribution in [2.24, 2.45) is 11.5 Å². The van der Waals surface area contributed by atoms with Crippen LogP contribution in [0.2, 0.25) is 5.02 Å². The van der Waals surface area contributed by atoms with Crippen LogP contribution in [-0.4, -0.2) is 11.7 Å². The van der Waals surface area contributed by atoms with Crippen molar-refractivity contribution in [3.63, 3.8) is 0 Å². The van der Waals surface area contributed by atoms with Gasteiger partial charge in [0.05, 0.1) is 5.02 Å². The Morgan fingerprint density at radius 2 is 1.20 bits per heavy atom. The Labute approximate surface area is 150 Å². The quantitative estimate of drug-likeness (QED) is 0.418. The minimum atomic E-state index is 0.0134. The van der Waals surface area contributed by atoms with Crippen molar-refractivity contribution in [2.45, 2.75) is 6.92 Å². The Kier molecular flexibility index (Phi) is 4.33. The third-order valence-electron chi connectivity index (χ3n) is 3.99. The van der Waals surface area contributed by atoms with Gasteiger partial charge in [-0.2, -0.15) is 0 Å². The van der Waals surface area contributed by atoms with Crippen LogP contribution in [0.25, 0.3) is 22.6 Å². The van der Waals surface area contributed by atoms with Gasteiger partial charge in [-0.15, -0.1) is 0 Å². The molecule has 126 valence electrons. The summed E-state index contributed by atoms with van der Waals surface area (Å²) in [5.74, 6) is 1.28. The second kappa shape index (κ2) is 6.45. The Morgan fingerprint density at radius 3 is 1.60 bits per heavy atom. The van der Waals surface area contributed by atoms with Gasteiger partial charge in [-0.1, -0.05) is 60.1 Å². The van der Waals surface area contributed by atoms with E-state index in [-0.39, 0.29) is 11.7 Å². The number of nitrogens with two attached hydrogens (primary N) is 2. The zero-order valence-corrected chi connectivity index (χ0v) is 14.3. The van der Waals surface area contributed by atoms with Crippen molar-refractivity contribution in [2.75, 3.05) is 0 Å². The van der Waals surface area contributed by atoms with E-state index in [1.54, 1.807) is 24.3 Å². The number of benzene rings is 2. The molecular weight excluding hydrogens is 336 g/mol. The molecule has 0 spiro atoms. The Bertz CT molecular complexity index is 878. The molecule has 5 nitrogen and oxygen atoms in total. The van der Waals surface area contributed by atoms with Crippen LogP contribution in [0, 0.1) is 17.7 Å². The predicted octanol–water partition coefficient (Wildman–Crippen LogP) is 4.14. The van der Waals surface area contributed by atoms with Crippen LogP contribution >= 0.6 is 11.6 Å². The van der Waals surface area contributed by atoms with E-state index < -0.39 is 0 Å². The van der Waals surface area contributed by atoms with Crippen LogP contribution in [0.4, 0.5) is 0 Å². The first-order chi connectivity index (χ1) is 11.9. The van der Waals surface area contributed by atoms with Gasteiger partial charge in [-0.3, -0.25) is 10.8 Å². The number of nitrogen functional groups attached to an aromatic ring is 2. The maximum Gasteiger partial charge on any atom is 0.153 e. The molecule has 0 atom stereocenters. The molecule has 0 aliphatic carbocycles. The van der Waals surface area contributed by atoms with Crippen molar-refractivity contribution >= 4 is 23.3 Å². The second-order valence-corrected chi connectivity index (χ2v) is 6.06. The Morgan fingerprint density at radius 1 is 0.800 bits per heavy atom. The van der Waals surface area contributed by atoms with Crippen LogP contribution in [0.1, 0.15) is 16.7 Å². The van der Waals surface area contributed by atoms with Gasteiger partial charge in [0.25, 0.3) is 0 Å². The van der Waals surface area contributed by atoms with Gasteiger partial charge in [-0.25, -0.2) is 0 Å². The molecule has 1 aromatic heterocycles. The number of rotatable bonds is 4. The van der Waals surface area contributed by atoms with Gasteiger partial charge in [-0.05, 0) is 6.92 Å². The first-order valence-corrected chi connectivity index (χ1v) is 7.95. The maximum absolute atomic E-state index is 7.46. The topological polar surface area (TPSA) is 113 Å². The lowest BCUT2D eigenvalue weighted by Crippen LogP contribution is -2.10. The Hall–Kier alpha value is -3.05. The van der Waals surface area contributed by atoms with E-state index in [2.05, 4.69) is 0 Å². The fourth-order valence-electron chi connectivity index (χ4n) is 2.56. The van der Waals surface area contributed by atoms with Crippen LogP contribution in [0.5, 0.6) is 0 Å². The average Bonchev–Trinajstić information content (AvgIpc) is 2.90. The van der Waals surface area contributed by atoms with Crippen molar-refractivity contribution < 1.29 is 4.42 Å². The summed E-state index contributed by atoms with van der Waals surface area (Å²) in [7, 11) is 0. The standard InChI is InChI=1S/C19H17ClN4O/c1-10-15(20)17(12-4-8-14(9-5-12)19(23)24)25-16(10)11-2-6-13(7-3-11)18(21)22/h2-9H,1H3,(H3,21,22)(H3,23,24). The van der Waals surface area contributed by atoms with Crippen LogP contribution in [0.3, 0.4) is 0 Å². The molecule has 3 rings (SSSR count). The van der Waals surface area contributed by atoms with Gasteiger partial charge in [0.1, 0.15) is 17.4 Å². The molecule has 3 aromatic rings. The highest BCUT2D eigenvalue weighted by Gasteiger charge is 2.18. The van der Waals surface area contributed by atoms with Crippen LogP contribution in [0.15, 0.2) is 52.9 Å². The molecule has 0 bridgehead atoms. The SMILES string of the molecule is Cc1c(-c2ccc(C(=N)N)cc2)oc(-c2ccc(C(=N)N)cc2)c1Cl. The highest BCUT2D eigenvalue weighted by Crippen LogP contribution is 2.39. The van der Waals surface area contributed by atoms with Gasteiger partial charge in [0.2, 0.25) is 0 Å². The number of furan rings is 1. The molecule has 0 unspecified atom stereocenters. The van der Waals surface area contributed by atoms with Gasteiger partial charge >= 0.3 is 0 Å². The molecule has 0 saturated heterocycles. The molecule has 0 fully saturated rings. The number of nitrogens with one attached hydrogen (secondary N) is 2. The molecule has 6 N–H and O–H groups in total. The van der Waals surface area contributed by atoms with E-state index in [0.29, 0.717) is 27.7 Å². The first kappa shape index (κ1) is 16.8. The van der Waals surface area contributed by atoms with Crippen molar-refractivity contribution in [1.29, 1.82) is 10.8 Å². The summed E-state index contributed by atoms with van der Waals surface area (Å²) in [6, 6.07) is 14.4. The molecule has 0 aliphatic rings. The minimum absolute atomic E-state index is 0.0134. The lowest BCUT2D eigenvalue weighted by molar-refractivity contribution is 0.596. The van der Waals surface area contributed by atoms with E-state index in [0.717, 1.165) is 16.7 Å². The lowest BCUT2D eigenvalue weighted by atomic mass is 10.1. The Balaban J connectivity index is 2.02. The number of hydrogen-bond acceptors (Lipinski definition) is 3. The molecule has 25 heavy (non-hydrogen) atoms. The van der Waals surface area contributed by atoms with Crippen LogP contribution < -0.4 is 11.5 Å². The summed E-state index contributed by atoms with van der Waals surface area (Å²) in [6.07, 6.45) is 0. The first-order valence-electron chi connectivity index (χ1n) is 7.57. The highest BCUT2D eigenvalue weighted by molar-refractivity contribution is 6.34. The summed E-state index contributed by atoms with van der Waals surface area (Å²) in [6.45, 7) is 1.90. The fourth-order valence-corrected chi connectivity index (χ4v) is 2.79. The van der Waals surface area contributed by atoms with Crippen molar-refractivity contribution in [3.8, 4) is 22.6 Å². The summed E-state index contributed by atoms with van der Waals surface area (Å²) in [4.78, 5) is 0. The molecule has 1 heterocycles. The van der Waals surface area contributed by atoms with Crippen molar-refractivity contribution in [1.82, 2.24) is 0 Å². The monoisotopic (exact) mass is 352 g/mol. The van der Waals surface area contributed by atoms with Crippen molar-refractivity contribution in [3.05, 3.63) is 70.2 Å². The summed E-state index contributed by atoms with van der Waals surface area (Å²) in [5.41, 5.74) is 14.8. The fraction of sp³-hybridized carbons (Fsp3) is 0.0526. The summed E-state index contributed by atoms with van der Waals surface area (Å²) < 4.78 is 6.02. The lowest BCUT2D eigenvalue weighted by Gasteiger charge is -2.02. The smallest absolute Gasteiger partial charge is 0.153 e. The van der Waals surface area contributed by atoms with Gasteiger partial charge < -0.3 is 15.9 Å². The summed E-state index contributed by atoms with van der Waals surface area (Å²) >= 11 is 6.47. The van der Waals surface area contributed by atoms with E-state index in [1.807, 2.05) is 31.2 Å². The maximum atomic E-state index is 7.46. The minimum Gasteiger partial charge on any atom is -0.454 e. The largest absolute Gasteiger partial charge is 0.454 e. The van der Waals surface area contributed by atoms with Gasteiger partial charge in [0, 0.05) is 27.8 Å². The molecule has 6 heteroatoms. The highest BCUT2D eigenvalue weighted by atomic mass is 35.5.